The Bertz CT molecular complexity index is 773. The number of hydrogen-bond acceptors (Lipinski definition) is 1. The van der Waals surface area contributed by atoms with Gasteiger partial charge in [-0.3, -0.25) is 0 Å². The van der Waals surface area contributed by atoms with Gasteiger partial charge in [0, 0.05) is 10.9 Å². The second-order valence-corrected chi connectivity index (χ2v) is 7.13. The van der Waals surface area contributed by atoms with Crippen LogP contribution in [0.2, 0.25) is 0 Å². The molecular weight excluding hydrogens is 330 g/mol. The van der Waals surface area contributed by atoms with Gasteiger partial charge in [0.05, 0.1) is 0 Å². The van der Waals surface area contributed by atoms with Crippen molar-refractivity contribution in [3.63, 3.8) is 0 Å². The maximum Gasteiger partial charge on any atom is 0.387 e. The van der Waals surface area contributed by atoms with Gasteiger partial charge in [0.1, 0.15) is 5.75 Å². The lowest BCUT2D eigenvalue weighted by molar-refractivity contribution is -0.0489. The average molecular weight is 356 g/mol. The Morgan fingerprint density at radius 3 is 2.50 bits per heavy atom. The van der Waals surface area contributed by atoms with Crippen LogP contribution in [0.4, 0.5) is 8.78 Å². The number of alkyl halides is 2. The van der Waals surface area contributed by atoms with Gasteiger partial charge in [-0.2, -0.15) is 8.78 Å². The van der Waals surface area contributed by atoms with E-state index in [1.165, 1.54) is 37.7 Å². The van der Waals surface area contributed by atoms with E-state index in [0.29, 0.717) is 16.9 Å². The van der Waals surface area contributed by atoms with Crippen LogP contribution >= 0.6 is 0 Å². The third kappa shape index (κ3) is 4.14. The number of benzene rings is 2. The first-order chi connectivity index (χ1) is 12.6. The lowest BCUT2D eigenvalue weighted by atomic mass is 9.77. The number of allylic oxidation sites excluding steroid dienone is 1. The molecule has 138 valence electrons. The average Bonchev–Trinajstić information content (AvgIpc) is 2.66. The molecule has 0 heterocycles. The number of fused-ring (bicyclic) bond motifs is 1. The monoisotopic (exact) mass is 356 g/mol. The molecule has 3 rings (SSSR count). The standard InChI is InChI=1S/C23H26F2O/c1-3-5-6-16-7-9-18(10-8-16)19-13-14-21-20(15-19)12-11-17(4-2)22(21)26-23(24)25/h3-4,11-16,18,23H,1-2,5-10H2. The zero-order valence-corrected chi connectivity index (χ0v) is 15.1. The Hall–Kier alpha value is -2.16. The molecule has 2 aromatic rings. The highest BCUT2D eigenvalue weighted by Gasteiger charge is 2.22. The van der Waals surface area contributed by atoms with Gasteiger partial charge in [-0.1, -0.05) is 49.1 Å². The van der Waals surface area contributed by atoms with Gasteiger partial charge in [0.15, 0.2) is 0 Å². The van der Waals surface area contributed by atoms with Gasteiger partial charge in [0.2, 0.25) is 0 Å². The van der Waals surface area contributed by atoms with Crippen LogP contribution < -0.4 is 4.74 Å². The largest absolute Gasteiger partial charge is 0.434 e. The molecular formula is C23H26F2O. The fourth-order valence-electron chi connectivity index (χ4n) is 4.11. The first kappa shape index (κ1) is 18.6. The van der Waals surface area contributed by atoms with Crippen molar-refractivity contribution in [2.45, 2.75) is 51.1 Å². The zero-order valence-electron chi connectivity index (χ0n) is 15.1. The fraction of sp³-hybridized carbons (Fsp3) is 0.391. The fourth-order valence-corrected chi connectivity index (χ4v) is 4.11. The molecule has 0 atom stereocenters. The molecule has 0 radical (unpaired) electrons. The Kier molecular flexibility index (Phi) is 6.08. The Balaban J connectivity index is 1.82. The van der Waals surface area contributed by atoms with E-state index < -0.39 is 6.61 Å². The minimum Gasteiger partial charge on any atom is -0.434 e. The maximum absolute atomic E-state index is 12.8. The van der Waals surface area contributed by atoms with Crippen molar-refractivity contribution >= 4 is 16.8 Å². The van der Waals surface area contributed by atoms with Crippen molar-refractivity contribution in [3.05, 3.63) is 60.7 Å². The van der Waals surface area contributed by atoms with Crippen molar-refractivity contribution in [2.75, 3.05) is 0 Å². The van der Waals surface area contributed by atoms with Gasteiger partial charge in [-0.15, -0.1) is 6.58 Å². The summed E-state index contributed by atoms with van der Waals surface area (Å²) in [5.74, 6) is 1.58. The van der Waals surface area contributed by atoms with Crippen LogP contribution in [0.5, 0.6) is 5.75 Å². The number of hydrogen-bond donors (Lipinski definition) is 0. The lowest BCUT2D eigenvalue weighted by Crippen LogP contribution is -2.13. The van der Waals surface area contributed by atoms with E-state index in [9.17, 15) is 8.78 Å². The summed E-state index contributed by atoms with van der Waals surface area (Å²) in [6, 6.07) is 9.88. The van der Waals surface area contributed by atoms with Crippen molar-refractivity contribution in [1.29, 1.82) is 0 Å². The molecule has 0 saturated heterocycles. The smallest absolute Gasteiger partial charge is 0.387 e. The number of rotatable bonds is 7. The lowest BCUT2D eigenvalue weighted by Gasteiger charge is -2.29. The van der Waals surface area contributed by atoms with Crippen LogP contribution in [-0.2, 0) is 0 Å². The molecule has 0 spiro atoms. The normalized spacial score (nSPS) is 20.3. The van der Waals surface area contributed by atoms with Crippen LogP contribution in [0.1, 0.15) is 55.6 Å². The van der Waals surface area contributed by atoms with Crippen LogP contribution in [0.25, 0.3) is 16.8 Å². The molecule has 1 aliphatic rings. The summed E-state index contributed by atoms with van der Waals surface area (Å²) in [7, 11) is 0. The molecule has 1 saturated carbocycles. The van der Waals surface area contributed by atoms with E-state index in [0.717, 1.165) is 17.7 Å². The Morgan fingerprint density at radius 2 is 1.85 bits per heavy atom. The van der Waals surface area contributed by atoms with Gasteiger partial charge in [-0.05, 0) is 61.3 Å². The van der Waals surface area contributed by atoms with Gasteiger partial charge in [0.25, 0.3) is 0 Å². The highest BCUT2D eigenvalue weighted by atomic mass is 19.3. The summed E-state index contributed by atoms with van der Waals surface area (Å²) in [5, 5.41) is 1.66. The van der Waals surface area contributed by atoms with Crippen LogP contribution in [0, 0.1) is 5.92 Å². The Labute approximate surface area is 154 Å². The van der Waals surface area contributed by atoms with Crippen LogP contribution in [0.3, 0.4) is 0 Å². The van der Waals surface area contributed by atoms with Gasteiger partial charge in [-0.25, -0.2) is 0 Å². The first-order valence-corrected chi connectivity index (χ1v) is 9.37. The number of ether oxygens (including phenoxy) is 1. The molecule has 0 N–H and O–H groups in total. The second-order valence-electron chi connectivity index (χ2n) is 7.13. The molecule has 0 aliphatic heterocycles. The maximum atomic E-state index is 12.8. The summed E-state index contributed by atoms with van der Waals surface area (Å²) < 4.78 is 30.4. The molecule has 3 heteroatoms. The second kappa shape index (κ2) is 8.48. The molecule has 1 aliphatic carbocycles. The molecule has 26 heavy (non-hydrogen) atoms. The van der Waals surface area contributed by atoms with Crippen molar-refractivity contribution in [1.82, 2.24) is 0 Å². The predicted octanol–water partition coefficient (Wildman–Crippen LogP) is 7.32. The summed E-state index contributed by atoms with van der Waals surface area (Å²) in [6.07, 6.45) is 10.8. The van der Waals surface area contributed by atoms with Crippen LogP contribution in [0.15, 0.2) is 49.6 Å². The summed E-state index contributed by atoms with van der Waals surface area (Å²) in [4.78, 5) is 0. The first-order valence-electron chi connectivity index (χ1n) is 9.37. The third-order valence-corrected chi connectivity index (χ3v) is 5.55. The summed E-state index contributed by atoms with van der Waals surface area (Å²) in [6.45, 7) is 4.66. The molecule has 1 nitrogen and oxygen atoms in total. The van der Waals surface area contributed by atoms with Crippen molar-refractivity contribution in [3.8, 4) is 5.75 Å². The van der Waals surface area contributed by atoms with E-state index in [1.807, 2.05) is 18.2 Å². The summed E-state index contributed by atoms with van der Waals surface area (Å²) >= 11 is 0. The van der Waals surface area contributed by atoms with Crippen LogP contribution in [-0.4, -0.2) is 6.61 Å². The van der Waals surface area contributed by atoms with E-state index >= 15 is 0 Å². The molecule has 0 amide bonds. The highest BCUT2D eigenvalue weighted by molar-refractivity contribution is 5.92. The van der Waals surface area contributed by atoms with E-state index in [2.05, 4.69) is 25.3 Å². The molecule has 0 unspecified atom stereocenters. The van der Waals surface area contributed by atoms with Crippen molar-refractivity contribution in [2.24, 2.45) is 5.92 Å². The minimum atomic E-state index is -2.84. The third-order valence-electron chi connectivity index (χ3n) is 5.55. The Morgan fingerprint density at radius 1 is 1.08 bits per heavy atom. The highest BCUT2D eigenvalue weighted by Crippen LogP contribution is 2.40. The molecule has 1 fully saturated rings. The van der Waals surface area contributed by atoms with E-state index in [1.54, 1.807) is 12.1 Å². The number of halogens is 2. The summed E-state index contributed by atoms with van der Waals surface area (Å²) in [5.41, 5.74) is 1.89. The van der Waals surface area contributed by atoms with Gasteiger partial charge >= 0.3 is 6.61 Å². The minimum absolute atomic E-state index is 0.215. The quantitative estimate of drug-likeness (QED) is 0.472. The van der Waals surface area contributed by atoms with E-state index in [-0.39, 0.29) is 5.75 Å². The SMILES string of the molecule is C=CCCC1CCC(c2ccc3c(OC(F)F)c(C=C)ccc3c2)CC1. The molecule has 0 aromatic heterocycles. The van der Waals surface area contributed by atoms with Gasteiger partial charge < -0.3 is 4.74 Å². The van der Waals surface area contributed by atoms with Crippen molar-refractivity contribution < 1.29 is 13.5 Å². The predicted molar refractivity (Wildman–Crippen MR) is 105 cm³/mol. The zero-order chi connectivity index (χ0) is 18.5. The van der Waals surface area contributed by atoms with E-state index in [4.69, 9.17) is 4.74 Å². The topological polar surface area (TPSA) is 9.23 Å². The molecule has 0 bridgehead atoms. The molecule has 2 aromatic carbocycles.